The molecule has 6 heteroatoms. The molecule has 1 aromatic carbocycles. The van der Waals surface area contributed by atoms with E-state index in [1.54, 1.807) is 18.3 Å². The van der Waals surface area contributed by atoms with Crippen LogP contribution in [0.5, 0.6) is 0 Å². The Morgan fingerprint density at radius 3 is 3.00 bits per heavy atom. The highest BCUT2D eigenvalue weighted by Gasteiger charge is 2.09. The maximum atomic E-state index is 11.1. The predicted octanol–water partition coefficient (Wildman–Crippen LogP) is 1.67. The van der Waals surface area contributed by atoms with Crippen molar-refractivity contribution >= 4 is 17.3 Å². The molecule has 6 nitrogen and oxygen atoms in total. The zero-order chi connectivity index (χ0) is 13.7. The summed E-state index contributed by atoms with van der Waals surface area (Å²) in [4.78, 5) is 11.1. The minimum atomic E-state index is -0.984. The summed E-state index contributed by atoms with van der Waals surface area (Å²) in [5, 5.41) is 16.3. The van der Waals surface area contributed by atoms with Crippen LogP contribution >= 0.6 is 0 Å². The fourth-order valence-electron chi connectivity index (χ4n) is 1.79. The largest absolute Gasteiger partial charge is 0.478 e. The zero-order valence-electron chi connectivity index (χ0n) is 10.4. The molecule has 19 heavy (non-hydrogen) atoms. The first-order valence-corrected chi connectivity index (χ1v) is 6.01. The van der Waals surface area contributed by atoms with Crippen LogP contribution in [0.2, 0.25) is 0 Å². The van der Waals surface area contributed by atoms with Crippen LogP contribution in [0.3, 0.4) is 0 Å². The van der Waals surface area contributed by atoms with Gasteiger partial charge in [0.25, 0.3) is 0 Å². The molecule has 0 bridgehead atoms. The molecule has 0 fully saturated rings. The van der Waals surface area contributed by atoms with Crippen molar-refractivity contribution in [1.82, 2.24) is 9.78 Å². The Bertz CT molecular complexity index is 552. The number of aryl methyl sites for hydroxylation is 1. The van der Waals surface area contributed by atoms with Crippen molar-refractivity contribution in [1.29, 1.82) is 0 Å². The van der Waals surface area contributed by atoms with Crippen molar-refractivity contribution in [2.24, 2.45) is 0 Å². The Kier molecular flexibility index (Phi) is 4.02. The van der Waals surface area contributed by atoms with Crippen molar-refractivity contribution in [2.45, 2.75) is 13.0 Å². The van der Waals surface area contributed by atoms with Gasteiger partial charge < -0.3 is 16.2 Å². The van der Waals surface area contributed by atoms with E-state index in [1.165, 1.54) is 6.07 Å². The Labute approximate surface area is 110 Å². The number of hydrogen-bond donors (Lipinski definition) is 3. The summed E-state index contributed by atoms with van der Waals surface area (Å²) in [7, 11) is 0. The molecule has 0 saturated heterocycles. The number of hydrogen-bond acceptors (Lipinski definition) is 4. The van der Waals surface area contributed by atoms with E-state index in [9.17, 15) is 4.79 Å². The van der Waals surface area contributed by atoms with Crippen LogP contribution in [0.1, 0.15) is 16.8 Å². The summed E-state index contributed by atoms with van der Waals surface area (Å²) in [6, 6.07) is 6.70. The highest BCUT2D eigenvalue weighted by atomic mass is 16.4. The summed E-state index contributed by atoms with van der Waals surface area (Å²) >= 11 is 0. The number of benzene rings is 1. The summed E-state index contributed by atoms with van der Waals surface area (Å²) in [5.41, 5.74) is 6.80. The SMILES string of the molecule is Nc1ccc(NCCCn2cccn2)c(C(=O)O)c1. The molecule has 0 amide bonds. The van der Waals surface area contributed by atoms with Gasteiger partial charge in [-0.05, 0) is 30.7 Å². The van der Waals surface area contributed by atoms with Crippen LogP contribution < -0.4 is 11.1 Å². The molecular formula is C13H16N4O2. The molecule has 0 saturated carbocycles. The molecular weight excluding hydrogens is 244 g/mol. The lowest BCUT2D eigenvalue weighted by atomic mass is 10.1. The average molecular weight is 260 g/mol. The van der Waals surface area contributed by atoms with Gasteiger partial charge in [-0.1, -0.05) is 0 Å². The summed E-state index contributed by atoms with van der Waals surface area (Å²) in [6.45, 7) is 1.46. The Morgan fingerprint density at radius 1 is 1.47 bits per heavy atom. The molecule has 0 aliphatic heterocycles. The van der Waals surface area contributed by atoms with Crippen LogP contribution in [0.15, 0.2) is 36.7 Å². The number of nitrogens with one attached hydrogen (secondary N) is 1. The summed E-state index contributed by atoms with van der Waals surface area (Å²) in [6.07, 6.45) is 4.48. The van der Waals surface area contributed by atoms with Gasteiger partial charge in [0.2, 0.25) is 0 Å². The lowest BCUT2D eigenvalue weighted by Gasteiger charge is -2.10. The second-order valence-electron chi connectivity index (χ2n) is 4.16. The predicted molar refractivity (Wildman–Crippen MR) is 73.1 cm³/mol. The van der Waals surface area contributed by atoms with Crippen LogP contribution in [0, 0.1) is 0 Å². The second kappa shape index (κ2) is 5.90. The quantitative estimate of drug-likeness (QED) is 0.542. The number of anilines is 2. The normalized spacial score (nSPS) is 10.3. The van der Waals surface area contributed by atoms with Crippen LogP contribution in [-0.4, -0.2) is 27.4 Å². The first-order valence-electron chi connectivity index (χ1n) is 6.01. The van der Waals surface area contributed by atoms with Crippen molar-refractivity contribution in [2.75, 3.05) is 17.6 Å². The molecule has 0 unspecified atom stereocenters. The van der Waals surface area contributed by atoms with Gasteiger partial charge in [-0.15, -0.1) is 0 Å². The monoisotopic (exact) mass is 260 g/mol. The molecule has 2 aromatic rings. The van der Waals surface area contributed by atoms with E-state index in [2.05, 4.69) is 10.4 Å². The van der Waals surface area contributed by atoms with E-state index in [0.29, 0.717) is 17.9 Å². The van der Waals surface area contributed by atoms with Gasteiger partial charge in [0, 0.05) is 36.9 Å². The van der Waals surface area contributed by atoms with E-state index in [4.69, 9.17) is 10.8 Å². The minimum Gasteiger partial charge on any atom is -0.478 e. The molecule has 0 spiro atoms. The lowest BCUT2D eigenvalue weighted by Crippen LogP contribution is -2.10. The molecule has 0 radical (unpaired) electrons. The lowest BCUT2D eigenvalue weighted by molar-refractivity contribution is 0.0698. The minimum absolute atomic E-state index is 0.194. The number of nitrogens with zero attached hydrogens (tertiary/aromatic N) is 2. The third-order valence-corrected chi connectivity index (χ3v) is 2.71. The molecule has 1 aromatic heterocycles. The van der Waals surface area contributed by atoms with Gasteiger partial charge in [-0.25, -0.2) is 4.79 Å². The van der Waals surface area contributed by atoms with Gasteiger partial charge in [0.05, 0.1) is 5.56 Å². The van der Waals surface area contributed by atoms with Crippen molar-refractivity contribution in [3.05, 3.63) is 42.2 Å². The number of rotatable bonds is 6. The van der Waals surface area contributed by atoms with Crippen LogP contribution in [0.25, 0.3) is 0 Å². The van der Waals surface area contributed by atoms with E-state index in [1.807, 2.05) is 16.9 Å². The van der Waals surface area contributed by atoms with Gasteiger partial charge in [0.1, 0.15) is 0 Å². The van der Waals surface area contributed by atoms with Crippen molar-refractivity contribution in [3.8, 4) is 0 Å². The molecule has 4 N–H and O–H groups in total. The molecule has 100 valence electrons. The Hall–Kier alpha value is -2.50. The summed E-state index contributed by atoms with van der Waals surface area (Å²) < 4.78 is 1.84. The molecule has 2 rings (SSSR count). The molecule has 0 aliphatic rings. The Balaban J connectivity index is 1.90. The third kappa shape index (κ3) is 3.48. The molecule has 1 heterocycles. The van der Waals surface area contributed by atoms with Gasteiger partial charge in [-0.2, -0.15) is 5.10 Å². The number of aromatic carboxylic acids is 1. The number of aromatic nitrogens is 2. The van der Waals surface area contributed by atoms with Gasteiger partial charge >= 0.3 is 5.97 Å². The number of carboxylic acids is 1. The van der Waals surface area contributed by atoms with Crippen LogP contribution in [-0.2, 0) is 6.54 Å². The number of nitrogens with two attached hydrogens (primary N) is 1. The molecule has 0 atom stereocenters. The first kappa shape index (κ1) is 12.9. The maximum absolute atomic E-state index is 11.1. The maximum Gasteiger partial charge on any atom is 0.337 e. The van der Waals surface area contributed by atoms with Crippen molar-refractivity contribution in [3.63, 3.8) is 0 Å². The van der Waals surface area contributed by atoms with E-state index >= 15 is 0 Å². The van der Waals surface area contributed by atoms with Crippen molar-refractivity contribution < 1.29 is 9.90 Å². The van der Waals surface area contributed by atoms with E-state index in [0.717, 1.165) is 13.0 Å². The van der Waals surface area contributed by atoms with Gasteiger partial charge in [0.15, 0.2) is 0 Å². The summed E-state index contributed by atoms with van der Waals surface area (Å²) in [5.74, 6) is -0.984. The average Bonchev–Trinajstić information content (AvgIpc) is 2.89. The number of nitrogen functional groups attached to an aromatic ring is 1. The topological polar surface area (TPSA) is 93.2 Å². The zero-order valence-corrected chi connectivity index (χ0v) is 10.4. The van der Waals surface area contributed by atoms with E-state index < -0.39 is 5.97 Å². The van der Waals surface area contributed by atoms with E-state index in [-0.39, 0.29) is 5.56 Å². The van der Waals surface area contributed by atoms with Gasteiger partial charge in [-0.3, -0.25) is 4.68 Å². The van der Waals surface area contributed by atoms with Crippen LogP contribution in [0.4, 0.5) is 11.4 Å². The second-order valence-corrected chi connectivity index (χ2v) is 4.16. The number of carbonyl (C=O) groups is 1. The standard InChI is InChI=1S/C13H16N4O2/c14-10-3-4-12(11(9-10)13(18)19)15-5-1-7-17-8-2-6-16-17/h2-4,6,8-9,15H,1,5,7,14H2,(H,18,19). The first-order chi connectivity index (χ1) is 9.16. The smallest absolute Gasteiger partial charge is 0.337 e. The highest BCUT2D eigenvalue weighted by molar-refractivity contribution is 5.95. The number of carboxylic acid groups (broad SMARTS) is 1. The fraction of sp³-hybridized carbons (Fsp3) is 0.231. The Morgan fingerprint density at radius 2 is 2.32 bits per heavy atom. The highest BCUT2D eigenvalue weighted by Crippen LogP contribution is 2.18. The fourth-order valence-corrected chi connectivity index (χ4v) is 1.79. The third-order valence-electron chi connectivity index (χ3n) is 2.71. The molecule has 0 aliphatic carbocycles.